The van der Waals surface area contributed by atoms with Gasteiger partial charge in [0.15, 0.2) is 0 Å². The number of amides is 2. The van der Waals surface area contributed by atoms with Crippen LogP contribution in [-0.2, 0) is 39.6 Å². The van der Waals surface area contributed by atoms with E-state index in [1.807, 2.05) is 0 Å². The van der Waals surface area contributed by atoms with Crippen LogP contribution in [0.15, 0.2) is 29.3 Å². The van der Waals surface area contributed by atoms with Gasteiger partial charge in [0.05, 0.1) is 16.5 Å². The number of fused-ring (bicyclic) bond motifs is 2. The maximum absolute atomic E-state index is 13.5. The summed E-state index contributed by atoms with van der Waals surface area (Å²) in [5.41, 5.74) is 3.01. The molecule has 3 aliphatic rings. The number of carbonyl (C=O) groups is 2. The van der Waals surface area contributed by atoms with Crippen LogP contribution < -0.4 is 10.2 Å². The van der Waals surface area contributed by atoms with E-state index >= 15 is 0 Å². The van der Waals surface area contributed by atoms with Crippen molar-refractivity contribution in [1.82, 2.24) is 19.4 Å². The van der Waals surface area contributed by atoms with Crippen LogP contribution in [0.3, 0.4) is 0 Å². The summed E-state index contributed by atoms with van der Waals surface area (Å²) in [7, 11) is -2.05. The minimum atomic E-state index is -3.82. The summed E-state index contributed by atoms with van der Waals surface area (Å²) in [6.45, 7) is 2.29. The van der Waals surface area contributed by atoms with Crippen molar-refractivity contribution in [3.63, 3.8) is 0 Å². The molecule has 1 aliphatic carbocycles. The summed E-state index contributed by atoms with van der Waals surface area (Å²) < 4.78 is 30.0. The maximum atomic E-state index is 13.5. The number of aromatic nitrogens is 2. The molecule has 10 heteroatoms. The number of nitrogens with zero attached hydrogens (tertiary/aromatic N) is 4. The second-order valence-electron chi connectivity index (χ2n) is 8.56. The molecule has 9 nitrogen and oxygen atoms in total. The number of nitrogens with one attached hydrogen (secondary N) is 1. The largest absolute Gasteiger partial charge is 0.353 e. The molecule has 31 heavy (non-hydrogen) atoms. The van der Waals surface area contributed by atoms with Gasteiger partial charge < -0.3 is 10.2 Å². The first-order valence-electron chi connectivity index (χ1n) is 10.5. The highest BCUT2D eigenvalue weighted by Crippen LogP contribution is 2.35. The molecule has 1 N–H and O–H groups in total. The second kappa shape index (κ2) is 7.16. The molecule has 0 saturated heterocycles. The van der Waals surface area contributed by atoms with Gasteiger partial charge in [-0.2, -0.15) is 9.40 Å². The summed E-state index contributed by atoms with van der Waals surface area (Å²) in [6.07, 6.45) is 4.32. The standard InChI is InChI=1S/C21H25N5O4S/c1-13(27)26-8-7-14-9-17(5-6-19(14)26)31(29,30)25-11-15-10-24(2)23-20(15)18(12-25)21(28)22-16-3-4-16/h5-6,9-10,16,18H,3-4,7-8,11-12H2,1-2H3,(H,22,28)/t18-/m0/s1. The molecule has 1 saturated carbocycles. The molecule has 0 radical (unpaired) electrons. The van der Waals surface area contributed by atoms with Gasteiger partial charge in [-0.05, 0) is 43.0 Å². The maximum Gasteiger partial charge on any atom is 0.243 e. The number of anilines is 1. The van der Waals surface area contributed by atoms with Crippen LogP contribution in [-0.4, -0.2) is 53.4 Å². The predicted octanol–water partition coefficient (Wildman–Crippen LogP) is 0.896. The Kier molecular flexibility index (Phi) is 4.67. The Morgan fingerprint density at radius 3 is 2.68 bits per heavy atom. The van der Waals surface area contributed by atoms with Crippen molar-refractivity contribution in [1.29, 1.82) is 0 Å². The lowest BCUT2D eigenvalue weighted by Crippen LogP contribution is -2.44. The predicted molar refractivity (Wildman–Crippen MR) is 113 cm³/mol. The molecule has 0 bridgehead atoms. The summed E-state index contributed by atoms with van der Waals surface area (Å²) in [4.78, 5) is 26.5. The van der Waals surface area contributed by atoms with E-state index < -0.39 is 15.9 Å². The minimum absolute atomic E-state index is 0.0565. The van der Waals surface area contributed by atoms with Crippen molar-refractivity contribution in [3.05, 3.63) is 41.2 Å². The smallest absolute Gasteiger partial charge is 0.243 e. The average molecular weight is 444 g/mol. The Morgan fingerprint density at radius 1 is 1.19 bits per heavy atom. The zero-order chi connectivity index (χ0) is 21.9. The van der Waals surface area contributed by atoms with Crippen molar-refractivity contribution >= 4 is 27.5 Å². The highest BCUT2D eigenvalue weighted by Gasteiger charge is 2.40. The second-order valence-corrected chi connectivity index (χ2v) is 10.5. The molecule has 2 amide bonds. The monoisotopic (exact) mass is 443 g/mol. The quantitative estimate of drug-likeness (QED) is 0.756. The lowest BCUT2D eigenvalue weighted by molar-refractivity contribution is -0.123. The molecule has 2 aromatic rings. The van der Waals surface area contributed by atoms with Crippen LogP contribution in [0.1, 0.15) is 42.5 Å². The van der Waals surface area contributed by atoms with E-state index in [0.717, 1.165) is 29.7 Å². The fourth-order valence-electron chi connectivity index (χ4n) is 4.45. The third kappa shape index (κ3) is 3.53. The van der Waals surface area contributed by atoms with Gasteiger partial charge in [0.2, 0.25) is 21.8 Å². The van der Waals surface area contributed by atoms with Gasteiger partial charge in [-0.15, -0.1) is 0 Å². The third-order valence-corrected chi connectivity index (χ3v) is 8.01. The fraction of sp³-hybridized carbons (Fsp3) is 0.476. The Hall–Kier alpha value is -2.72. The van der Waals surface area contributed by atoms with E-state index in [9.17, 15) is 18.0 Å². The first kappa shape index (κ1) is 20.2. The number of hydrogen-bond acceptors (Lipinski definition) is 5. The van der Waals surface area contributed by atoms with E-state index in [4.69, 9.17) is 0 Å². The van der Waals surface area contributed by atoms with Gasteiger partial charge >= 0.3 is 0 Å². The summed E-state index contributed by atoms with van der Waals surface area (Å²) in [5, 5.41) is 7.43. The molecule has 3 heterocycles. The number of benzene rings is 1. The van der Waals surface area contributed by atoms with Crippen LogP contribution in [0.4, 0.5) is 5.69 Å². The van der Waals surface area contributed by atoms with Crippen molar-refractivity contribution in [3.8, 4) is 0 Å². The Morgan fingerprint density at radius 2 is 1.97 bits per heavy atom. The molecular weight excluding hydrogens is 418 g/mol. The van der Waals surface area contributed by atoms with Crippen LogP contribution >= 0.6 is 0 Å². The summed E-state index contributed by atoms with van der Waals surface area (Å²) in [6, 6.07) is 5.10. The van der Waals surface area contributed by atoms with Crippen LogP contribution in [0.2, 0.25) is 0 Å². The van der Waals surface area contributed by atoms with Crippen molar-refractivity contribution in [2.45, 2.75) is 49.6 Å². The molecule has 164 valence electrons. The lowest BCUT2D eigenvalue weighted by atomic mass is 9.97. The number of carbonyl (C=O) groups excluding carboxylic acids is 2. The van der Waals surface area contributed by atoms with Crippen LogP contribution in [0.5, 0.6) is 0 Å². The van der Waals surface area contributed by atoms with Gasteiger partial charge in [-0.1, -0.05) is 0 Å². The van der Waals surface area contributed by atoms with E-state index in [2.05, 4.69) is 10.4 Å². The van der Waals surface area contributed by atoms with Gasteiger partial charge in [-0.25, -0.2) is 8.42 Å². The number of rotatable bonds is 4. The van der Waals surface area contributed by atoms with Gasteiger partial charge in [0, 0.05) is 57.1 Å². The zero-order valence-corrected chi connectivity index (χ0v) is 18.4. The van der Waals surface area contributed by atoms with E-state index in [-0.39, 0.29) is 35.8 Å². The molecule has 1 fully saturated rings. The topological polar surface area (TPSA) is 105 Å². The van der Waals surface area contributed by atoms with Crippen LogP contribution in [0, 0.1) is 0 Å². The first-order chi connectivity index (χ1) is 14.7. The Balaban J connectivity index is 1.46. The Bertz CT molecular complexity index is 1180. The van der Waals surface area contributed by atoms with Crippen molar-refractivity contribution in [2.75, 3.05) is 18.0 Å². The fourth-order valence-corrected chi connectivity index (χ4v) is 5.93. The highest BCUT2D eigenvalue weighted by atomic mass is 32.2. The summed E-state index contributed by atoms with van der Waals surface area (Å²) in [5.74, 6) is -0.865. The first-order valence-corrected chi connectivity index (χ1v) is 11.9. The van der Waals surface area contributed by atoms with Crippen molar-refractivity contribution in [2.24, 2.45) is 7.05 Å². The molecule has 0 unspecified atom stereocenters. The van der Waals surface area contributed by atoms with Gasteiger partial charge in [-0.3, -0.25) is 14.3 Å². The molecule has 2 aliphatic heterocycles. The van der Waals surface area contributed by atoms with E-state index in [0.29, 0.717) is 18.7 Å². The van der Waals surface area contributed by atoms with E-state index in [1.165, 1.54) is 11.2 Å². The van der Waals surface area contributed by atoms with Gasteiger partial charge in [0.25, 0.3) is 0 Å². The molecule has 1 aromatic carbocycles. The lowest BCUT2D eigenvalue weighted by Gasteiger charge is -2.30. The van der Waals surface area contributed by atoms with Crippen LogP contribution in [0.25, 0.3) is 0 Å². The summed E-state index contributed by atoms with van der Waals surface area (Å²) >= 11 is 0. The molecule has 0 spiro atoms. The van der Waals surface area contributed by atoms with Gasteiger partial charge in [0.1, 0.15) is 0 Å². The van der Waals surface area contributed by atoms with Crippen molar-refractivity contribution < 1.29 is 18.0 Å². The molecule has 5 rings (SSSR count). The minimum Gasteiger partial charge on any atom is -0.353 e. The normalized spacial score (nSPS) is 21.0. The number of sulfonamides is 1. The molecular formula is C21H25N5O4S. The molecule has 1 aromatic heterocycles. The SMILES string of the molecule is CC(=O)N1CCc2cc(S(=O)(=O)N3Cc4cn(C)nc4[C@@H](C(=O)NC4CC4)C3)ccc21. The highest BCUT2D eigenvalue weighted by molar-refractivity contribution is 7.89. The number of aryl methyl sites for hydroxylation is 1. The number of hydrogen-bond donors (Lipinski definition) is 1. The van der Waals surface area contributed by atoms with E-state index in [1.54, 1.807) is 41.0 Å². The average Bonchev–Trinajstić information content (AvgIpc) is 3.29. The molecule has 1 atom stereocenters. The zero-order valence-electron chi connectivity index (χ0n) is 17.5. The Labute approximate surface area is 181 Å². The third-order valence-electron chi connectivity index (χ3n) is 6.20.